The summed E-state index contributed by atoms with van der Waals surface area (Å²) < 4.78 is 13.2. The Kier molecular flexibility index (Phi) is 6.26. The maximum absolute atomic E-state index is 13.2. The Labute approximate surface area is 166 Å². The number of aromatic hydroxyl groups is 1. The minimum atomic E-state index is -0.844. The number of aliphatic hydroxyl groups is 2. The number of Topliss-reactive ketones (excluding diaryl/α,β-unsaturated/α-hetero) is 1. The van der Waals surface area contributed by atoms with Crippen molar-refractivity contribution in [3.05, 3.63) is 71.0 Å². The molecule has 0 bridgehead atoms. The van der Waals surface area contributed by atoms with Crippen LogP contribution in [0.25, 0.3) is 5.76 Å². The lowest BCUT2D eigenvalue weighted by Crippen LogP contribution is -2.86. The summed E-state index contributed by atoms with van der Waals surface area (Å²) in [6.07, 6.45) is 0. The van der Waals surface area contributed by atoms with E-state index in [9.17, 15) is 24.2 Å². The molecule has 7 nitrogen and oxygen atoms in total. The number of phenols is 1. The van der Waals surface area contributed by atoms with Gasteiger partial charge in [0.1, 0.15) is 17.3 Å². The molecule has 0 radical (unpaired) electrons. The number of rotatable bonds is 7. The standard InChI is InChI=1S/C21H21FN2O5/c22-15-5-1-14(2-6-15)19(27)17-18(13-3-7-16(26)8-4-13)24(21(29)20(17)28)11-9-23-10-12-25/h1-8,18,23,25-27H,9-12H2/p+1/t18-/m1/s1. The highest BCUT2D eigenvalue weighted by Gasteiger charge is 2.46. The van der Waals surface area contributed by atoms with Crippen molar-refractivity contribution in [3.63, 3.8) is 0 Å². The first-order valence-electron chi connectivity index (χ1n) is 9.20. The van der Waals surface area contributed by atoms with Crippen LogP contribution in [0, 0.1) is 5.82 Å². The normalized spacial score (nSPS) is 18.4. The van der Waals surface area contributed by atoms with E-state index in [4.69, 9.17) is 5.11 Å². The van der Waals surface area contributed by atoms with Crippen molar-refractivity contribution in [2.75, 3.05) is 26.2 Å². The van der Waals surface area contributed by atoms with E-state index < -0.39 is 23.5 Å². The fourth-order valence-electron chi connectivity index (χ4n) is 3.34. The van der Waals surface area contributed by atoms with Gasteiger partial charge < -0.3 is 25.5 Å². The number of amides is 1. The minimum Gasteiger partial charge on any atom is -0.508 e. The summed E-state index contributed by atoms with van der Waals surface area (Å²) in [7, 11) is 0. The van der Waals surface area contributed by atoms with Gasteiger partial charge in [0.2, 0.25) is 0 Å². The second-order valence-corrected chi connectivity index (χ2v) is 6.68. The Morgan fingerprint density at radius 2 is 1.69 bits per heavy atom. The Bertz CT molecular complexity index is 925. The number of quaternary nitrogens is 1. The zero-order chi connectivity index (χ0) is 21.0. The molecular formula is C21H22FN2O5+. The summed E-state index contributed by atoms with van der Waals surface area (Å²) in [5.74, 6) is -2.42. The zero-order valence-corrected chi connectivity index (χ0v) is 15.6. The molecule has 0 spiro atoms. The zero-order valence-electron chi connectivity index (χ0n) is 15.6. The van der Waals surface area contributed by atoms with E-state index in [2.05, 4.69) is 0 Å². The number of aliphatic hydroxyl groups excluding tert-OH is 2. The van der Waals surface area contributed by atoms with Crippen molar-refractivity contribution in [2.24, 2.45) is 0 Å². The molecule has 0 aliphatic carbocycles. The predicted octanol–water partition coefficient (Wildman–Crippen LogP) is 0.509. The van der Waals surface area contributed by atoms with Crippen molar-refractivity contribution in [1.82, 2.24) is 4.90 Å². The molecule has 1 fully saturated rings. The molecule has 1 saturated heterocycles. The van der Waals surface area contributed by atoms with E-state index >= 15 is 0 Å². The van der Waals surface area contributed by atoms with Gasteiger partial charge in [0.25, 0.3) is 11.7 Å². The second-order valence-electron chi connectivity index (χ2n) is 6.68. The van der Waals surface area contributed by atoms with Gasteiger partial charge in [-0.1, -0.05) is 12.1 Å². The summed E-state index contributed by atoms with van der Waals surface area (Å²) in [5.41, 5.74) is 0.683. The fourth-order valence-corrected chi connectivity index (χ4v) is 3.34. The van der Waals surface area contributed by atoms with Crippen LogP contribution in [0.2, 0.25) is 0 Å². The molecule has 1 atom stereocenters. The fraction of sp³-hybridized carbons (Fsp3) is 0.238. The summed E-state index contributed by atoms with van der Waals surface area (Å²) >= 11 is 0. The largest absolute Gasteiger partial charge is 0.508 e. The number of phenolic OH excluding ortho intramolecular Hbond substituents is 1. The first-order chi connectivity index (χ1) is 13.9. The lowest BCUT2D eigenvalue weighted by molar-refractivity contribution is -0.655. The summed E-state index contributed by atoms with van der Waals surface area (Å²) in [4.78, 5) is 26.8. The molecule has 0 saturated carbocycles. The molecule has 1 aliphatic rings. The Morgan fingerprint density at radius 1 is 1.03 bits per heavy atom. The maximum atomic E-state index is 13.2. The SMILES string of the molecule is O=C1C(=O)N(CC[NH2+]CCO)[C@H](c2ccc(O)cc2)C1=C(O)c1ccc(F)cc1. The van der Waals surface area contributed by atoms with Gasteiger partial charge in [-0.05, 0) is 42.0 Å². The van der Waals surface area contributed by atoms with Gasteiger partial charge in [-0.25, -0.2) is 4.39 Å². The summed E-state index contributed by atoms with van der Waals surface area (Å²) in [6, 6.07) is 10.2. The molecule has 1 amide bonds. The molecule has 8 heteroatoms. The topological polar surface area (TPSA) is 115 Å². The third-order valence-electron chi connectivity index (χ3n) is 4.77. The molecule has 29 heavy (non-hydrogen) atoms. The van der Waals surface area contributed by atoms with E-state index in [0.717, 1.165) is 12.1 Å². The van der Waals surface area contributed by atoms with Crippen LogP contribution in [0.15, 0.2) is 54.1 Å². The molecule has 2 aromatic rings. The van der Waals surface area contributed by atoms with Gasteiger partial charge in [0, 0.05) is 5.56 Å². The molecule has 1 heterocycles. The van der Waals surface area contributed by atoms with Crippen molar-refractivity contribution in [3.8, 4) is 5.75 Å². The Morgan fingerprint density at radius 3 is 2.31 bits per heavy atom. The molecule has 0 unspecified atom stereocenters. The van der Waals surface area contributed by atoms with Crippen LogP contribution < -0.4 is 5.32 Å². The van der Waals surface area contributed by atoms with E-state index in [-0.39, 0.29) is 35.8 Å². The van der Waals surface area contributed by atoms with Crippen molar-refractivity contribution in [2.45, 2.75) is 6.04 Å². The van der Waals surface area contributed by atoms with Gasteiger partial charge in [0.15, 0.2) is 0 Å². The van der Waals surface area contributed by atoms with Crippen LogP contribution in [0.3, 0.4) is 0 Å². The Hall–Kier alpha value is -3.23. The van der Waals surface area contributed by atoms with Crippen LogP contribution in [-0.4, -0.2) is 58.2 Å². The highest BCUT2D eigenvalue weighted by Crippen LogP contribution is 2.39. The first-order valence-corrected chi connectivity index (χ1v) is 9.20. The lowest BCUT2D eigenvalue weighted by Gasteiger charge is -2.24. The number of benzene rings is 2. The average Bonchev–Trinajstić information content (AvgIpc) is 2.96. The smallest absolute Gasteiger partial charge is 0.295 e. The second kappa shape index (κ2) is 8.85. The number of likely N-dealkylation sites (tertiary alicyclic amines) is 1. The van der Waals surface area contributed by atoms with Crippen LogP contribution in [0.5, 0.6) is 5.75 Å². The van der Waals surface area contributed by atoms with Crippen LogP contribution in [-0.2, 0) is 9.59 Å². The van der Waals surface area contributed by atoms with Crippen LogP contribution in [0.1, 0.15) is 17.2 Å². The number of hydrogen-bond acceptors (Lipinski definition) is 5. The van der Waals surface area contributed by atoms with Gasteiger partial charge in [0.05, 0.1) is 37.9 Å². The summed E-state index contributed by atoms with van der Waals surface area (Å²) in [6.45, 7) is 1.13. The number of nitrogens with two attached hydrogens (primary N) is 1. The van der Waals surface area contributed by atoms with Crippen LogP contribution >= 0.6 is 0 Å². The van der Waals surface area contributed by atoms with E-state index in [1.54, 1.807) is 12.1 Å². The van der Waals surface area contributed by atoms with Crippen LogP contribution in [0.4, 0.5) is 4.39 Å². The molecule has 152 valence electrons. The molecule has 0 aromatic heterocycles. The lowest BCUT2D eigenvalue weighted by atomic mass is 9.95. The van der Waals surface area contributed by atoms with Gasteiger partial charge in [-0.3, -0.25) is 9.59 Å². The number of hydrogen-bond donors (Lipinski definition) is 4. The van der Waals surface area contributed by atoms with Crippen molar-refractivity contribution in [1.29, 1.82) is 0 Å². The third-order valence-corrected chi connectivity index (χ3v) is 4.77. The predicted molar refractivity (Wildman–Crippen MR) is 102 cm³/mol. The molecule has 1 aliphatic heterocycles. The van der Waals surface area contributed by atoms with Crippen molar-refractivity contribution < 1.29 is 34.6 Å². The van der Waals surface area contributed by atoms with Crippen molar-refractivity contribution >= 4 is 17.4 Å². The molecular weight excluding hydrogens is 379 g/mol. The van der Waals surface area contributed by atoms with E-state index in [0.29, 0.717) is 18.7 Å². The number of carbonyl (C=O) groups excluding carboxylic acids is 2. The minimum absolute atomic E-state index is 0.00915. The van der Waals surface area contributed by atoms with Gasteiger partial charge in [-0.2, -0.15) is 0 Å². The maximum Gasteiger partial charge on any atom is 0.295 e. The van der Waals surface area contributed by atoms with E-state index in [1.807, 2.05) is 5.32 Å². The number of carbonyl (C=O) groups is 2. The van der Waals surface area contributed by atoms with E-state index in [1.165, 1.54) is 29.2 Å². The third kappa shape index (κ3) is 4.28. The van der Waals surface area contributed by atoms with Gasteiger partial charge in [-0.15, -0.1) is 0 Å². The number of ketones is 1. The molecule has 3 rings (SSSR count). The molecule has 2 aromatic carbocycles. The molecule has 5 N–H and O–H groups in total. The average molecular weight is 401 g/mol. The van der Waals surface area contributed by atoms with Gasteiger partial charge >= 0.3 is 0 Å². The number of halogens is 1. The highest BCUT2D eigenvalue weighted by molar-refractivity contribution is 6.46. The first kappa shape index (κ1) is 20.5. The number of nitrogens with zero attached hydrogens (tertiary/aromatic N) is 1. The Balaban J connectivity index is 2.05. The summed E-state index contributed by atoms with van der Waals surface area (Å²) in [5, 5.41) is 31.1. The highest BCUT2D eigenvalue weighted by atomic mass is 19.1. The quantitative estimate of drug-likeness (QED) is 0.234. The monoisotopic (exact) mass is 401 g/mol.